The van der Waals surface area contributed by atoms with Crippen molar-refractivity contribution in [3.63, 3.8) is 0 Å². The molecule has 120 valence electrons. The van der Waals surface area contributed by atoms with Crippen molar-refractivity contribution in [1.82, 2.24) is 9.97 Å². The SMILES string of the molecule is CCCOc1cc(C)ccc1NC(=O)c1cnc(C(=O)O)cn1. The van der Waals surface area contributed by atoms with Crippen LogP contribution in [0.4, 0.5) is 5.69 Å². The highest BCUT2D eigenvalue weighted by Gasteiger charge is 2.13. The molecule has 0 bridgehead atoms. The summed E-state index contributed by atoms with van der Waals surface area (Å²) in [5, 5.41) is 11.5. The standard InChI is InChI=1S/C16H17N3O4/c1-3-6-23-14-7-10(2)4-5-11(14)19-15(20)12-8-18-13(9-17-12)16(21)22/h4-5,7-9H,3,6H2,1-2H3,(H,19,20)(H,21,22). The van der Waals surface area contributed by atoms with Gasteiger partial charge in [0.05, 0.1) is 24.7 Å². The molecule has 0 unspecified atom stereocenters. The van der Waals surface area contributed by atoms with Gasteiger partial charge in [0, 0.05) is 0 Å². The third kappa shape index (κ3) is 4.26. The minimum atomic E-state index is -1.20. The number of nitrogens with one attached hydrogen (secondary N) is 1. The van der Waals surface area contributed by atoms with Crippen LogP contribution in [0.25, 0.3) is 0 Å². The van der Waals surface area contributed by atoms with E-state index in [0.29, 0.717) is 18.0 Å². The smallest absolute Gasteiger partial charge is 0.356 e. The van der Waals surface area contributed by atoms with E-state index in [2.05, 4.69) is 15.3 Å². The third-order valence-electron chi connectivity index (χ3n) is 2.95. The van der Waals surface area contributed by atoms with Gasteiger partial charge in [0.1, 0.15) is 11.4 Å². The maximum absolute atomic E-state index is 12.2. The Morgan fingerprint density at radius 3 is 2.52 bits per heavy atom. The lowest BCUT2D eigenvalue weighted by molar-refractivity contribution is 0.0689. The molecule has 0 saturated heterocycles. The third-order valence-corrected chi connectivity index (χ3v) is 2.95. The van der Waals surface area contributed by atoms with E-state index in [9.17, 15) is 9.59 Å². The summed E-state index contributed by atoms with van der Waals surface area (Å²) in [5.41, 5.74) is 1.35. The number of carboxylic acids is 1. The molecule has 0 aliphatic rings. The molecule has 1 heterocycles. The second-order valence-electron chi connectivity index (χ2n) is 4.89. The highest BCUT2D eigenvalue weighted by atomic mass is 16.5. The van der Waals surface area contributed by atoms with Crippen LogP contribution in [0.5, 0.6) is 5.75 Å². The van der Waals surface area contributed by atoms with Gasteiger partial charge < -0.3 is 15.2 Å². The number of carboxylic acid groups (broad SMARTS) is 1. The first-order valence-electron chi connectivity index (χ1n) is 7.11. The summed E-state index contributed by atoms with van der Waals surface area (Å²) < 4.78 is 5.63. The second kappa shape index (κ2) is 7.35. The molecule has 2 N–H and O–H groups in total. The molecule has 2 rings (SSSR count). The zero-order valence-corrected chi connectivity index (χ0v) is 12.9. The molecule has 0 atom stereocenters. The summed E-state index contributed by atoms with van der Waals surface area (Å²) >= 11 is 0. The first kappa shape index (κ1) is 16.4. The van der Waals surface area contributed by atoms with Gasteiger partial charge in [-0.3, -0.25) is 4.79 Å². The number of anilines is 1. The van der Waals surface area contributed by atoms with Crippen LogP contribution in [-0.2, 0) is 0 Å². The molecule has 0 fully saturated rings. The molecule has 0 radical (unpaired) electrons. The highest BCUT2D eigenvalue weighted by molar-refractivity contribution is 6.03. The van der Waals surface area contributed by atoms with E-state index in [1.54, 1.807) is 6.07 Å². The Bertz CT molecular complexity index is 714. The van der Waals surface area contributed by atoms with Crippen LogP contribution in [0.1, 0.15) is 39.9 Å². The van der Waals surface area contributed by atoms with Gasteiger partial charge in [0.2, 0.25) is 0 Å². The fourth-order valence-electron chi connectivity index (χ4n) is 1.81. The number of aromatic nitrogens is 2. The first-order valence-corrected chi connectivity index (χ1v) is 7.11. The lowest BCUT2D eigenvalue weighted by Crippen LogP contribution is -2.16. The molecule has 0 saturated carbocycles. The molecule has 7 heteroatoms. The average molecular weight is 315 g/mol. The van der Waals surface area contributed by atoms with Crippen molar-refractivity contribution in [1.29, 1.82) is 0 Å². The highest BCUT2D eigenvalue weighted by Crippen LogP contribution is 2.26. The molecule has 0 aliphatic carbocycles. The summed E-state index contributed by atoms with van der Waals surface area (Å²) in [5.74, 6) is -1.10. The van der Waals surface area contributed by atoms with Crippen molar-refractivity contribution in [2.45, 2.75) is 20.3 Å². The number of aromatic carboxylic acids is 1. The number of benzene rings is 1. The van der Waals surface area contributed by atoms with Gasteiger partial charge in [0.25, 0.3) is 5.91 Å². The van der Waals surface area contributed by atoms with Crippen LogP contribution in [0, 0.1) is 6.92 Å². The van der Waals surface area contributed by atoms with E-state index in [1.807, 2.05) is 26.0 Å². The number of ether oxygens (including phenoxy) is 1. The number of nitrogens with zero attached hydrogens (tertiary/aromatic N) is 2. The van der Waals surface area contributed by atoms with E-state index in [0.717, 1.165) is 24.4 Å². The quantitative estimate of drug-likeness (QED) is 0.849. The molecule has 1 aromatic carbocycles. The van der Waals surface area contributed by atoms with Crippen LogP contribution in [0.15, 0.2) is 30.6 Å². The van der Waals surface area contributed by atoms with Crippen LogP contribution in [0.2, 0.25) is 0 Å². The molecule has 0 aliphatic heterocycles. The van der Waals surface area contributed by atoms with Crippen LogP contribution in [-0.4, -0.2) is 33.6 Å². The Labute approximate surface area is 133 Å². The lowest BCUT2D eigenvalue weighted by atomic mass is 10.2. The van der Waals surface area contributed by atoms with Gasteiger partial charge in [-0.15, -0.1) is 0 Å². The van der Waals surface area contributed by atoms with E-state index < -0.39 is 11.9 Å². The molecule has 7 nitrogen and oxygen atoms in total. The number of hydrogen-bond donors (Lipinski definition) is 2. The first-order chi connectivity index (χ1) is 11.0. The van der Waals surface area contributed by atoms with E-state index in [1.165, 1.54) is 0 Å². The Hall–Kier alpha value is -2.96. The predicted molar refractivity (Wildman–Crippen MR) is 83.9 cm³/mol. The number of aryl methyl sites for hydroxylation is 1. The van der Waals surface area contributed by atoms with E-state index in [-0.39, 0.29) is 11.4 Å². The van der Waals surface area contributed by atoms with E-state index >= 15 is 0 Å². The summed E-state index contributed by atoms with van der Waals surface area (Å²) in [6, 6.07) is 5.44. The maximum atomic E-state index is 12.2. The fraction of sp³-hybridized carbons (Fsp3) is 0.250. The summed E-state index contributed by atoms with van der Waals surface area (Å²) in [4.78, 5) is 30.4. The van der Waals surface area contributed by atoms with E-state index in [4.69, 9.17) is 9.84 Å². The normalized spacial score (nSPS) is 10.2. The van der Waals surface area contributed by atoms with Gasteiger partial charge in [-0.05, 0) is 31.0 Å². The Morgan fingerprint density at radius 2 is 1.91 bits per heavy atom. The molecule has 1 amide bonds. The fourth-order valence-corrected chi connectivity index (χ4v) is 1.81. The van der Waals surface area contributed by atoms with Crippen LogP contribution >= 0.6 is 0 Å². The molecule has 0 spiro atoms. The van der Waals surface area contributed by atoms with Crippen LogP contribution < -0.4 is 10.1 Å². The Kier molecular flexibility index (Phi) is 5.24. The zero-order valence-electron chi connectivity index (χ0n) is 12.9. The molecule has 2 aromatic rings. The monoisotopic (exact) mass is 315 g/mol. The number of amides is 1. The van der Waals surface area contributed by atoms with Crippen molar-refractivity contribution in [2.24, 2.45) is 0 Å². The molecule has 23 heavy (non-hydrogen) atoms. The molecular formula is C16H17N3O4. The van der Waals surface area contributed by atoms with Crippen molar-refractivity contribution >= 4 is 17.6 Å². The summed E-state index contributed by atoms with van der Waals surface area (Å²) in [7, 11) is 0. The lowest BCUT2D eigenvalue weighted by Gasteiger charge is -2.12. The molecular weight excluding hydrogens is 298 g/mol. The number of carbonyl (C=O) groups excluding carboxylic acids is 1. The minimum absolute atomic E-state index is 0.0250. The van der Waals surface area contributed by atoms with Crippen LogP contribution in [0.3, 0.4) is 0 Å². The van der Waals surface area contributed by atoms with Gasteiger partial charge >= 0.3 is 5.97 Å². The van der Waals surface area contributed by atoms with Crippen molar-refractivity contribution in [2.75, 3.05) is 11.9 Å². The molecule has 1 aromatic heterocycles. The van der Waals surface area contributed by atoms with Gasteiger partial charge in [-0.2, -0.15) is 0 Å². The maximum Gasteiger partial charge on any atom is 0.356 e. The predicted octanol–water partition coefficient (Wildman–Crippen LogP) is 2.52. The van der Waals surface area contributed by atoms with Gasteiger partial charge in [-0.1, -0.05) is 13.0 Å². The topological polar surface area (TPSA) is 101 Å². The number of rotatable bonds is 6. The number of carbonyl (C=O) groups is 2. The summed E-state index contributed by atoms with van der Waals surface area (Å²) in [6.45, 7) is 4.47. The zero-order chi connectivity index (χ0) is 16.8. The van der Waals surface area contributed by atoms with Crippen molar-refractivity contribution < 1.29 is 19.4 Å². The summed E-state index contributed by atoms with van der Waals surface area (Å²) in [6.07, 6.45) is 3.02. The Balaban J connectivity index is 2.17. The van der Waals surface area contributed by atoms with Crippen molar-refractivity contribution in [3.05, 3.63) is 47.5 Å². The number of hydrogen-bond acceptors (Lipinski definition) is 5. The second-order valence-corrected chi connectivity index (χ2v) is 4.89. The minimum Gasteiger partial charge on any atom is -0.491 e. The largest absolute Gasteiger partial charge is 0.491 e. The average Bonchev–Trinajstić information content (AvgIpc) is 2.55. The van der Waals surface area contributed by atoms with Gasteiger partial charge in [-0.25, -0.2) is 14.8 Å². The Morgan fingerprint density at radius 1 is 1.22 bits per heavy atom. The van der Waals surface area contributed by atoms with Crippen molar-refractivity contribution in [3.8, 4) is 5.75 Å². The van der Waals surface area contributed by atoms with Gasteiger partial charge in [0.15, 0.2) is 5.69 Å².